The summed E-state index contributed by atoms with van der Waals surface area (Å²) in [6, 6.07) is 16.2. The quantitative estimate of drug-likeness (QED) is 0.547. The van der Waals surface area contributed by atoms with E-state index in [1.54, 1.807) is 36.4 Å². The van der Waals surface area contributed by atoms with Crippen LogP contribution in [0.2, 0.25) is 0 Å². The molecule has 2 aromatic carbocycles. The van der Waals surface area contributed by atoms with Gasteiger partial charge in [0, 0.05) is 11.1 Å². The van der Waals surface area contributed by atoms with Gasteiger partial charge in [0.15, 0.2) is 5.78 Å². The topological polar surface area (TPSA) is 68.0 Å². The molecule has 2 heterocycles. The summed E-state index contributed by atoms with van der Waals surface area (Å²) < 4.78 is 20.3. The third-order valence-electron chi connectivity index (χ3n) is 4.56. The van der Waals surface area contributed by atoms with Gasteiger partial charge < -0.3 is 4.42 Å². The summed E-state index contributed by atoms with van der Waals surface area (Å²) >= 11 is 0. The molecule has 0 saturated heterocycles. The number of halogens is 1. The van der Waals surface area contributed by atoms with E-state index in [2.05, 4.69) is 11.7 Å². The van der Waals surface area contributed by atoms with Crippen LogP contribution in [0.3, 0.4) is 0 Å². The number of H-pyrrole nitrogens is 1. The molecule has 0 aliphatic rings. The number of nitrogens with zero attached hydrogens (tertiary/aromatic N) is 1. The normalized spacial score (nSPS) is 11.7. The fourth-order valence-electron chi connectivity index (χ4n) is 3.04. The molecule has 0 spiro atoms. The Kier molecular flexibility index (Phi) is 4.60. The van der Waals surface area contributed by atoms with E-state index < -0.39 is 0 Å². The molecule has 144 valence electrons. The first kappa shape index (κ1) is 18.4. The first-order valence-electron chi connectivity index (χ1n) is 8.91. The zero-order valence-corrected chi connectivity index (χ0v) is 15.6. The Balaban J connectivity index is 1.74. The van der Waals surface area contributed by atoms with Gasteiger partial charge in [-0.25, -0.2) is 9.07 Å². The van der Waals surface area contributed by atoms with Crippen LogP contribution in [-0.4, -0.2) is 15.6 Å². The monoisotopic (exact) mass is 388 g/mol. The smallest absolute Gasteiger partial charge is 0.279 e. The summed E-state index contributed by atoms with van der Waals surface area (Å²) in [6.07, 6.45) is 1.60. The molecule has 0 bridgehead atoms. The van der Waals surface area contributed by atoms with Gasteiger partial charge in [-0.2, -0.15) is 0 Å². The second-order valence-corrected chi connectivity index (χ2v) is 6.60. The molecule has 0 unspecified atom stereocenters. The summed E-state index contributed by atoms with van der Waals surface area (Å²) in [6.45, 7) is 5.38. The van der Waals surface area contributed by atoms with Gasteiger partial charge >= 0.3 is 0 Å². The lowest BCUT2D eigenvalue weighted by Crippen LogP contribution is -2.33. The van der Waals surface area contributed by atoms with Crippen molar-refractivity contribution in [1.29, 1.82) is 0 Å². The van der Waals surface area contributed by atoms with Crippen molar-refractivity contribution in [2.24, 2.45) is 0 Å². The number of aromatic nitrogens is 2. The Morgan fingerprint density at radius 2 is 1.90 bits per heavy atom. The molecule has 0 radical (unpaired) electrons. The molecule has 0 amide bonds. The van der Waals surface area contributed by atoms with E-state index in [0.29, 0.717) is 33.3 Å². The molecule has 1 N–H and O–H groups in total. The predicted molar refractivity (Wildman–Crippen MR) is 109 cm³/mol. The van der Waals surface area contributed by atoms with Crippen LogP contribution in [0.5, 0.6) is 0 Å². The van der Waals surface area contributed by atoms with Crippen molar-refractivity contribution in [2.45, 2.75) is 6.92 Å². The highest BCUT2D eigenvalue weighted by molar-refractivity contribution is 5.95. The van der Waals surface area contributed by atoms with Crippen molar-refractivity contribution in [3.8, 4) is 17.0 Å². The maximum Gasteiger partial charge on any atom is 0.279 e. The van der Waals surface area contributed by atoms with E-state index in [1.807, 2.05) is 6.07 Å². The van der Waals surface area contributed by atoms with Crippen molar-refractivity contribution >= 4 is 18.4 Å². The molecule has 6 heteroatoms. The lowest BCUT2D eigenvalue weighted by molar-refractivity contribution is 0.101. The first-order valence-corrected chi connectivity index (χ1v) is 8.91. The minimum absolute atomic E-state index is 0.0273. The van der Waals surface area contributed by atoms with Gasteiger partial charge in [0.25, 0.3) is 5.56 Å². The van der Waals surface area contributed by atoms with Crippen LogP contribution in [0.15, 0.2) is 69.9 Å². The second kappa shape index (κ2) is 7.24. The van der Waals surface area contributed by atoms with Gasteiger partial charge in [0.2, 0.25) is 0 Å². The third-order valence-corrected chi connectivity index (χ3v) is 4.56. The molecule has 5 nitrogen and oxygen atoms in total. The van der Waals surface area contributed by atoms with Gasteiger partial charge in [-0.15, -0.1) is 0 Å². The van der Waals surface area contributed by atoms with E-state index in [4.69, 9.17) is 4.42 Å². The lowest BCUT2D eigenvalue weighted by Gasteiger charge is -2.00. The number of furan rings is 1. The lowest BCUT2D eigenvalue weighted by atomic mass is 10.1. The number of carbonyl (C=O) groups excluding carboxylic acids is 1. The van der Waals surface area contributed by atoms with Gasteiger partial charge in [0.05, 0.1) is 16.3 Å². The summed E-state index contributed by atoms with van der Waals surface area (Å²) in [5.41, 5.74) is 1.54. The van der Waals surface area contributed by atoms with Crippen LogP contribution in [0, 0.1) is 5.82 Å². The van der Waals surface area contributed by atoms with E-state index in [9.17, 15) is 14.0 Å². The molecule has 0 aliphatic carbocycles. The maximum absolute atomic E-state index is 13.1. The van der Waals surface area contributed by atoms with E-state index in [1.165, 1.54) is 35.9 Å². The number of carbonyl (C=O) groups is 1. The molecule has 2 aromatic heterocycles. The molecule has 0 atom stereocenters. The zero-order chi connectivity index (χ0) is 20.5. The minimum Gasteiger partial charge on any atom is -0.457 e. The number of hydrogen-bond donors (Lipinski definition) is 1. The summed E-state index contributed by atoms with van der Waals surface area (Å²) in [5.74, 6) is 0.646. The number of ketones is 1. The van der Waals surface area contributed by atoms with Crippen molar-refractivity contribution in [2.75, 3.05) is 0 Å². The number of nitrogens with one attached hydrogen (secondary N) is 1. The minimum atomic E-state index is -0.382. The first-order chi connectivity index (χ1) is 13.9. The Morgan fingerprint density at radius 3 is 2.62 bits per heavy atom. The van der Waals surface area contributed by atoms with Crippen LogP contribution in [-0.2, 0) is 0 Å². The van der Waals surface area contributed by atoms with Crippen molar-refractivity contribution in [1.82, 2.24) is 9.78 Å². The third kappa shape index (κ3) is 3.60. The molecule has 0 saturated carbocycles. The molecule has 4 rings (SSSR count). The summed E-state index contributed by atoms with van der Waals surface area (Å²) in [4.78, 5) is 24.3. The zero-order valence-electron chi connectivity index (χ0n) is 15.6. The molecular formula is C23H17FN2O3. The number of aromatic amines is 1. The van der Waals surface area contributed by atoms with Crippen LogP contribution in [0.1, 0.15) is 23.0 Å². The van der Waals surface area contributed by atoms with E-state index >= 15 is 0 Å². The molecule has 0 fully saturated rings. The van der Waals surface area contributed by atoms with E-state index in [-0.39, 0.29) is 17.2 Å². The Morgan fingerprint density at radius 1 is 1.14 bits per heavy atom. The van der Waals surface area contributed by atoms with Crippen molar-refractivity contribution in [3.05, 3.63) is 98.7 Å². The molecule has 4 aromatic rings. The standard InChI is InChI=1S/C23H17FN2O3/c1-14-21(23(28)26(25-14)19-8-6-18(24)7-9-19)13-20-10-11-22(29-20)17-5-3-4-16(12-17)15(2)27/h3-13,25H,1H2,2H3/b21-13+. The number of rotatable bonds is 4. The van der Waals surface area contributed by atoms with Crippen molar-refractivity contribution < 1.29 is 13.6 Å². The number of hydrogen-bond acceptors (Lipinski definition) is 3. The maximum atomic E-state index is 13.1. The van der Waals surface area contributed by atoms with Crippen LogP contribution in [0.4, 0.5) is 4.39 Å². The Labute approximate surface area is 165 Å². The van der Waals surface area contributed by atoms with Gasteiger partial charge in [0.1, 0.15) is 17.3 Å². The summed E-state index contributed by atoms with van der Waals surface area (Å²) in [7, 11) is 0. The van der Waals surface area contributed by atoms with Gasteiger partial charge in [-0.3, -0.25) is 14.7 Å². The van der Waals surface area contributed by atoms with Gasteiger partial charge in [-0.05, 0) is 55.5 Å². The number of Topliss-reactive ketones (excluding diaryl/α,β-unsaturated/α-hetero) is 1. The largest absolute Gasteiger partial charge is 0.457 e. The second-order valence-electron chi connectivity index (χ2n) is 6.60. The van der Waals surface area contributed by atoms with Crippen molar-refractivity contribution in [3.63, 3.8) is 0 Å². The van der Waals surface area contributed by atoms with Crippen LogP contribution < -0.4 is 16.1 Å². The molecular weight excluding hydrogens is 371 g/mol. The van der Waals surface area contributed by atoms with Crippen LogP contribution >= 0.6 is 0 Å². The van der Waals surface area contributed by atoms with E-state index in [0.717, 1.165) is 5.56 Å². The fraction of sp³-hybridized carbons (Fsp3) is 0.0435. The predicted octanol–water partition coefficient (Wildman–Crippen LogP) is 3.01. The molecule has 0 aliphatic heterocycles. The average Bonchev–Trinajstić information content (AvgIpc) is 3.29. The number of benzene rings is 2. The van der Waals surface area contributed by atoms with Crippen LogP contribution in [0.25, 0.3) is 29.7 Å². The van der Waals surface area contributed by atoms with Gasteiger partial charge in [-0.1, -0.05) is 24.8 Å². The SMILES string of the molecule is C=c1[nH]n(-c2ccc(F)cc2)c(=O)/c1=C/c1ccc(-c2cccc(C(C)=O)c2)o1. The Bertz CT molecular complexity index is 1370. The average molecular weight is 388 g/mol. The highest BCUT2D eigenvalue weighted by atomic mass is 19.1. The highest BCUT2D eigenvalue weighted by Crippen LogP contribution is 2.23. The highest BCUT2D eigenvalue weighted by Gasteiger charge is 2.09. The molecule has 29 heavy (non-hydrogen) atoms. The fourth-order valence-corrected chi connectivity index (χ4v) is 3.04. The summed E-state index contributed by atoms with van der Waals surface area (Å²) in [5, 5.41) is 3.64. The Hall–Kier alpha value is -3.93.